The lowest BCUT2D eigenvalue weighted by atomic mass is 10.0. The molecule has 1 aromatic carbocycles. The SMILES string of the molecule is CC(Cc1ccc(C(F)(F)F)cc1)NC(=O)N(C)CC(C)C(=O)O. The zero-order chi connectivity index (χ0) is 18.5. The van der Waals surface area contributed by atoms with Crippen LogP contribution in [0.2, 0.25) is 0 Å². The van der Waals surface area contributed by atoms with E-state index in [9.17, 15) is 22.8 Å². The van der Waals surface area contributed by atoms with Crippen LogP contribution in [0.5, 0.6) is 0 Å². The maximum absolute atomic E-state index is 12.5. The van der Waals surface area contributed by atoms with Gasteiger partial charge in [0.1, 0.15) is 0 Å². The fourth-order valence-corrected chi connectivity index (χ4v) is 2.13. The number of carboxylic acids is 1. The van der Waals surface area contributed by atoms with Crippen LogP contribution in [0.25, 0.3) is 0 Å². The predicted molar refractivity (Wildman–Crippen MR) is 82.6 cm³/mol. The zero-order valence-corrected chi connectivity index (χ0v) is 13.7. The molecule has 2 amide bonds. The number of halogens is 3. The summed E-state index contributed by atoms with van der Waals surface area (Å²) in [5.74, 6) is -1.68. The average Bonchev–Trinajstić information content (AvgIpc) is 2.46. The van der Waals surface area contributed by atoms with Crippen molar-refractivity contribution in [1.29, 1.82) is 0 Å². The van der Waals surface area contributed by atoms with Gasteiger partial charge in [-0.25, -0.2) is 4.79 Å². The van der Waals surface area contributed by atoms with Crippen LogP contribution in [-0.4, -0.2) is 41.6 Å². The Bertz CT molecular complexity index is 573. The lowest BCUT2D eigenvalue weighted by Crippen LogP contribution is -2.44. The van der Waals surface area contributed by atoms with Crippen LogP contribution in [-0.2, 0) is 17.4 Å². The molecule has 0 radical (unpaired) electrons. The van der Waals surface area contributed by atoms with E-state index in [1.807, 2.05) is 0 Å². The van der Waals surface area contributed by atoms with Crippen molar-refractivity contribution in [2.45, 2.75) is 32.5 Å². The summed E-state index contributed by atoms with van der Waals surface area (Å²) in [5.41, 5.74) is -0.0531. The highest BCUT2D eigenvalue weighted by Gasteiger charge is 2.30. The summed E-state index contributed by atoms with van der Waals surface area (Å²) >= 11 is 0. The van der Waals surface area contributed by atoms with Gasteiger partial charge in [0.05, 0.1) is 11.5 Å². The number of hydrogen-bond donors (Lipinski definition) is 2. The quantitative estimate of drug-likeness (QED) is 0.832. The summed E-state index contributed by atoms with van der Waals surface area (Å²) in [4.78, 5) is 24.0. The molecule has 2 atom stereocenters. The highest BCUT2D eigenvalue weighted by atomic mass is 19.4. The van der Waals surface area contributed by atoms with Gasteiger partial charge in [-0.1, -0.05) is 19.1 Å². The first-order valence-electron chi connectivity index (χ1n) is 7.41. The van der Waals surface area contributed by atoms with Crippen molar-refractivity contribution in [2.24, 2.45) is 5.92 Å². The third kappa shape index (κ3) is 6.10. The highest BCUT2D eigenvalue weighted by molar-refractivity contribution is 5.76. The number of hydrogen-bond acceptors (Lipinski definition) is 2. The van der Waals surface area contributed by atoms with Gasteiger partial charge in [-0.05, 0) is 31.0 Å². The molecular formula is C16H21F3N2O3. The number of amides is 2. The minimum absolute atomic E-state index is 0.0637. The summed E-state index contributed by atoms with van der Waals surface area (Å²) in [6, 6.07) is 4.03. The Kier molecular flexibility index (Phi) is 6.62. The van der Waals surface area contributed by atoms with Crippen LogP contribution in [0.1, 0.15) is 25.0 Å². The van der Waals surface area contributed by atoms with Crippen LogP contribution < -0.4 is 5.32 Å². The number of nitrogens with one attached hydrogen (secondary N) is 1. The third-order valence-electron chi connectivity index (χ3n) is 3.51. The van der Waals surface area contributed by atoms with Crippen LogP contribution in [0.4, 0.5) is 18.0 Å². The number of rotatable bonds is 6. The maximum Gasteiger partial charge on any atom is 0.416 e. The largest absolute Gasteiger partial charge is 0.481 e. The van der Waals surface area contributed by atoms with Crippen molar-refractivity contribution < 1.29 is 27.9 Å². The van der Waals surface area contributed by atoms with E-state index in [4.69, 9.17) is 5.11 Å². The Morgan fingerprint density at radius 3 is 2.21 bits per heavy atom. The molecule has 0 aliphatic heterocycles. The van der Waals surface area contributed by atoms with Gasteiger partial charge >= 0.3 is 18.2 Å². The molecular weight excluding hydrogens is 325 g/mol. The minimum Gasteiger partial charge on any atom is -0.481 e. The van der Waals surface area contributed by atoms with E-state index in [2.05, 4.69) is 5.32 Å². The first kappa shape index (κ1) is 19.8. The molecule has 8 heteroatoms. The van der Waals surface area contributed by atoms with Crippen LogP contribution in [0.3, 0.4) is 0 Å². The van der Waals surface area contributed by atoms with Gasteiger partial charge in [-0.15, -0.1) is 0 Å². The number of carboxylic acid groups (broad SMARTS) is 1. The second kappa shape index (κ2) is 8.03. The van der Waals surface area contributed by atoms with E-state index in [1.165, 1.54) is 31.0 Å². The second-order valence-electron chi connectivity index (χ2n) is 5.87. The van der Waals surface area contributed by atoms with Gasteiger partial charge in [-0.2, -0.15) is 13.2 Å². The van der Waals surface area contributed by atoms with Crippen molar-refractivity contribution in [1.82, 2.24) is 10.2 Å². The van der Waals surface area contributed by atoms with E-state index < -0.39 is 29.7 Å². The molecule has 0 heterocycles. The second-order valence-corrected chi connectivity index (χ2v) is 5.87. The van der Waals surface area contributed by atoms with Crippen molar-refractivity contribution in [3.05, 3.63) is 35.4 Å². The minimum atomic E-state index is -4.37. The molecule has 24 heavy (non-hydrogen) atoms. The molecule has 1 aromatic rings. The molecule has 0 saturated heterocycles. The van der Waals surface area contributed by atoms with Gasteiger partial charge in [0, 0.05) is 19.6 Å². The molecule has 0 spiro atoms. The van der Waals surface area contributed by atoms with Crippen molar-refractivity contribution in [3.8, 4) is 0 Å². The van der Waals surface area contributed by atoms with Gasteiger partial charge in [0.15, 0.2) is 0 Å². The molecule has 2 unspecified atom stereocenters. The van der Waals surface area contributed by atoms with E-state index in [0.717, 1.165) is 12.1 Å². The van der Waals surface area contributed by atoms with Gasteiger partial charge in [0.25, 0.3) is 0 Å². The Morgan fingerprint density at radius 1 is 1.21 bits per heavy atom. The third-order valence-corrected chi connectivity index (χ3v) is 3.51. The van der Waals surface area contributed by atoms with Crippen LogP contribution in [0, 0.1) is 5.92 Å². The number of aliphatic carboxylic acids is 1. The maximum atomic E-state index is 12.5. The number of benzene rings is 1. The molecule has 0 aromatic heterocycles. The summed E-state index contributed by atoms with van der Waals surface area (Å²) in [7, 11) is 1.49. The summed E-state index contributed by atoms with van der Waals surface area (Å²) in [6.07, 6.45) is -4.01. The summed E-state index contributed by atoms with van der Waals surface area (Å²) in [6.45, 7) is 3.29. The summed E-state index contributed by atoms with van der Waals surface area (Å²) in [5, 5.41) is 11.5. The molecule has 0 bridgehead atoms. The van der Waals surface area contributed by atoms with Crippen molar-refractivity contribution in [2.75, 3.05) is 13.6 Å². The van der Waals surface area contributed by atoms with Crippen molar-refractivity contribution >= 4 is 12.0 Å². The molecule has 1 rings (SSSR count). The Balaban J connectivity index is 2.55. The Morgan fingerprint density at radius 2 is 1.75 bits per heavy atom. The first-order chi connectivity index (χ1) is 11.0. The van der Waals surface area contributed by atoms with Crippen LogP contribution >= 0.6 is 0 Å². The Hall–Kier alpha value is -2.25. The van der Waals surface area contributed by atoms with E-state index >= 15 is 0 Å². The lowest BCUT2D eigenvalue weighted by molar-refractivity contribution is -0.141. The number of alkyl halides is 3. The standard InChI is InChI=1S/C16H21F3N2O3/c1-10(14(22)23)9-21(3)15(24)20-11(2)8-12-4-6-13(7-5-12)16(17,18)19/h4-7,10-11H,8-9H2,1-3H3,(H,20,24)(H,22,23). The molecule has 134 valence electrons. The van der Waals surface area contributed by atoms with Crippen LogP contribution in [0.15, 0.2) is 24.3 Å². The van der Waals surface area contributed by atoms with E-state index in [1.54, 1.807) is 6.92 Å². The lowest BCUT2D eigenvalue weighted by Gasteiger charge is -2.23. The first-order valence-corrected chi connectivity index (χ1v) is 7.41. The molecule has 0 aliphatic rings. The molecule has 0 saturated carbocycles. The number of urea groups is 1. The predicted octanol–water partition coefficient (Wildman–Crippen LogP) is 3.00. The highest BCUT2D eigenvalue weighted by Crippen LogP contribution is 2.29. The fourth-order valence-electron chi connectivity index (χ4n) is 2.13. The fraction of sp³-hybridized carbons (Fsp3) is 0.500. The summed E-state index contributed by atoms with van der Waals surface area (Å²) < 4.78 is 37.5. The smallest absolute Gasteiger partial charge is 0.416 e. The molecule has 5 nitrogen and oxygen atoms in total. The Labute approximate surface area is 138 Å². The normalized spacial score (nSPS) is 13.9. The van der Waals surface area contributed by atoms with Gasteiger partial charge in [0.2, 0.25) is 0 Å². The molecule has 2 N–H and O–H groups in total. The average molecular weight is 346 g/mol. The van der Waals surface area contributed by atoms with Gasteiger partial charge < -0.3 is 15.3 Å². The van der Waals surface area contributed by atoms with E-state index in [-0.39, 0.29) is 12.6 Å². The topological polar surface area (TPSA) is 69.6 Å². The number of carbonyl (C=O) groups is 2. The number of carbonyl (C=O) groups excluding carboxylic acids is 1. The monoisotopic (exact) mass is 346 g/mol. The zero-order valence-electron chi connectivity index (χ0n) is 13.7. The van der Waals surface area contributed by atoms with E-state index in [0.29, 0.717) is 12.0 Å². The number of nitrogens with zero attached hydrogens (tertiary/aromatic N) is 1. The van der Waals surface area contributed by atoms with Crippen molar-refractivity contribution in [3.63, 3.8) is 0 Å². The molecule has 0 fully saturated rings. The van der Waals surface area contributed by atoms with Gasteiger partial charge in [-0.3, -0.25) is 4.79 Å². The molecule has 0 aliphatic carbocycles.